The average molecular weight is 384 g/mol. The molecule has 132 valence electrons. The van der Waals surface area contributed by atoms with Crippen LogP contribution in [0.25, 0.3) is 0 Å². The number of fused-ring (bicyclic) bond motifs is 1. The van der Waals surface area contributed by atoms with E-state index in [1.54, 1.807) is 35.6 Å². The molecule has 26 heavy (non-hydrogen) atoms. The molecule has 0 N–H and O–H groups in total. The van der Waals surface area contributed by atoms with E-state index in [0.29, 0.717) is 17.3 Å². The largest absolute Gasteiger partial charge is 0.484 e. The highest BCUT2D eigenvalue weighted by molar-refractivity contribution is 7.10. The first-order valence-electron chi connectivity index (χ1n) is 8.51. The molecule has 0 bridgehead atoms. The zero-order valence-corrected chi connectivity index (χ0v) is 15.7. The quantitative estimate of drug-likeness (QED) is 0.637. The molecule has 2 aromatic carbocycles. The summed E-state index contributed by atoms with van der Waals surface area (Å²) in [6.45, 7) is 0.723. The van der Waals surface area contributed by atoms with Gasteiger partial charge in [-0.25, -0.2) is 0 Å². The van der Waals surface area contributed by atoms with Gasteiger partial charge >= 0.3 is 0 Å². The van der Waals surface area contributed by atoms with Crippen LogP contribution in [-0.4, -0.2) is 24.0 Å². The lowest BCUT2D eigenvalue weighted by Crippen LogP contribution is -2.42. The van der Waals surface area contributed by atoms with E-state index in [9.17, 15) is 4.79 Å². The number of halogens is 1. The van der Waals surface area contributed by atoms with Crippen molar-refractivity contribution < 1.29 is 9.53 Å². The summed E-state index contributed by atoms with van der Waals surface area (Å²) in [4.78, 5) is 16.2. The molecule has 1 amide bonds. The predicted octanol–water partition coefficient (Wildman–Crippen LogP) is 4.95. The molecule has 0 spiro atoms. The van der Waals surface area contributed by atoms with E-state index in [-0.39, 0.29) is 18.6 Å². The van der Waals surface area contributed by atoms with Crippen LogP contribution in [0.15, 0.2) is 66.0 Å². The Balaban J connectivity index is 1.56. The van der Waals surface area contributed by atoms with Crippen LogP contribution in [0.2, 0.25) is 5.02 Å². The second-order valence-electron chi connectivity index (χ2n) is 6.19. The van der Waals surface area contributed by atoms with Gasteiger partial charge in [0.25, 0.3) is 5.91 Å². The van der Waals surface area contributed by atoms with Crippen molar-refractivity contribution in [1.82, 2.24) is 4.90 Å². The highest BCUT2D eigenvalue weighted by Crippen LogP contribution is 2.37. The number of nitrogens with zero attached hydrogens (tertiary/aromatic N) is 1. The average Bonchev–Trinajstić information content (AvgIpc) is 3.16. The maximum Gasteiger partial charge on any atom is 0.261 e. The maximum atomic E-state index is 12.9. The number of hydrogen-bond acceptors (Lipinski definition) is 3. The Morgan fingerprint density at radius 3 is 2.65 bits per heavy atom. The van der Waals surface area contributed by atoms with E-state index in [4.69, 9.17) is 16.3 Å². The SMILES string of the molecule is O=C(COc1ccc(Cl)cc1)N1CCc2sccc2[C@H]1c1ccccc1. The van der Waals surface area contributed by atoms with Gasteiger partial charge in [-0.3, -0.25) is 4.79 Å². The number of rotatable bonds is 4. The molecule has 0 saturated heterocycles. The van der Waals surface area contributed by atoms with Crippen molar-refractivity contribution in [2.75, 3.05) is 13.2 Å². The van der Waals surface area contributed by atoms with Gasteiger partial charge in [0.05, 0.1) is 6.04 Å². The Kier molecular flexibility index (Phi) is 4.96. The molecule has 4 rings (SSSR count). The molecular weight excluding hydrogens is 366 g/mol. The van der Waals surface area contributed by atoms with Gasteiger partial charge in [0.2, 0.25) is 0 Å². The molecule has 5 heteroatoms. The minimum atomic E-state index is -0.0486. The second-order valence-corrected chi connectivity index (χ2v) is 7.63. The van der Waals surface area contributed by atoms with Crippen LogP contribution in [0.1, 0.15) is 22.0 Å². The zero-order valence-electron chi connectivity index (χ0n) is 14.1. The summed E-state index contributed by atoms with van der Waals surface area (Å²) in [5.74, 6) is 0.637. The number of carbonyl (C=O) groups is 1. The molecule has 2 heterocycles. The Labute approximate surface area is 161 Å². The van der Waals surface area contributed by atoms with E-state index in [1.165, 1.54) is 10.4 Å². The van der Waals surface area contributed by atoms with Gasteiger partial charge in [0.1, 0.15) is 5.75 Å². The molecule has 0 unspecified atom stereocenters. The summed E-state index contributed by atoms with van der Waals surface area (Å²) in [6.07, 6.45) is 0.892. The van der Waals surface area contributed by atoms with Crippen LogP contribution in [0.4, 0.5) is 0 Å². The molecule has 0 aliphatic carbocycles. The van der Waals surface area contributed by atoms with Crippen molar-refractivity contribution in [2.24, 2.45) is 0 Å². The van der Waals surface area contributed by atoms with Crippen LogP contribution in [0, 0.1) is 0 Å². The number of hydrogen-bond donors (Lipinski definition) is 0. The van der Waals surface area contributed by atoms with Crippen LogP contribution in [0.3, 0.4) is 0 Å². The highest BCUT2D eigenvalue weighted by atomic mass is 35.5. The first-order chi connectivity index (χ1) is 12.7. The van der Waals surface area contributed by atoms with Crippen molar-refractivity contribution in [3.63, 3.8) is 0 Å². The van der Waals surface area contributed by atoms with E-state index in [0.717, 1.165) is 12.0 Å². The van der Waals surface area contributed by atoms with Gasteiger partial charge in [0.15, 0.2) is 6.61 Å². The zero-order chi connectivity index (χ0) is 17.9. The predicted molar refractivity (Wildman–Crippen MR) is 105 cm³/mol. The highest BCUT2D eigenvalue weighted by Gasteiger charge is 2.32. The topological polar surface area (TPSA) is 29.5 Å². The second kappa shape index (κ2) is 7.52. The van der Waals surface area contributed by atoms with E-state index >= 15 is 0 Å². The van der Waals surface area contributed by atoms with Crippen LogP contribution in [0.5, 0.6) is 5.75 Å². The van der Waals surface area contributed by atoms with Gasteiger partial charge in [-0.2, -0.15) is 0 Å². The van der Waals surface area contributed by atoms with Crippen molar-refractivity contribution >= 4 is 28.8 Å². The Morgan fingerprint density at radius 1 is 1.12 bits per heavy atom. The van der Waals surface area contributed by atoms with Gasteiger partial charge in [-0.05, 0) is 53.3 Å². The summed E-state index contributed by atoms with van der Waals surface area (Å²) in [7, 11) is 0. The molecule has 1 atom stereocenters. The standard InChI is InChI=1S/C21H18ClNO2S/c22-16-6-8-17(9-7-16)25-14-20(24)23-12-10-19-18(11-13-26-19)21(23)15-4-2-1-3-5-15/h1-9,11,13,21H,10,12,14H2/t21-/m1/s1. The molecule has 0 fully saturated rings. The summed E-state index contributed by atoms with van der Waals surface area (Å²) < 4.78 is 5.68. The molecule has 1 aromatic heterocycles. The van der Waals surface area contributed by atoms with Crippen molar-refractivity contribution in [2.45, 2.75) is 12.5 Å². The fourth-order valence-electron chi connectivity index (χ4n) is 3.34. The van der Waals surface area contributed by atoms with Gasteiger partial charge < -0.3 is 9.64 Å². The molecular formula is C21H18ClNO2S. The van der Waals surface area contributed by atoms with Crippen LogP contribution in [-0.2, 0) is 11.2 Å². The Hall–Kier alpha value is -2.30. The number of carbonyl (C=O) groups excluding carboxylic acids is 1. The third-order valence-corrected chi connectivity index (χ3v) is 5.83. The van der Waals surface area contributed by atoms with Gasteiger partial charge in [-0.15, -0.1) is 11.3 Å². The lowest BCUT2D eigenvalue weighted by atomic mass is 9.93. The fraction of sp³-hybridized carbons (Fsp3) is 0.190. The van der Waals surface area contributed by atoms with Crippen molar-refractivity contribution in [3.05, 3.63) is 87.1 Å². The Morgan fingerprint density at radius 2 is 1.88 bits per heavy atom. The van der Waals surface area contributed by atoms with Crippen LogP contribution >= 0.6 is 22.9 Å². The summed E-state index contributed by atoms with van der Waals surface area (Å²) in [5, 5.41) is 2.76. The monoisotopic (exact) mass is 383 g/mol. The lowest BCUT2D eigenvalue weighted by Gasteiger charge is -2.36. The first kappa shape index (κ1) is 17.1. The summed E-state index contributed by atoms with van der Waals surface area (Å²) >= 11 is 7.66. The minimum Gasteiger partial charge on any atom is -0.484 e. The molecule has 1 aliphatic rings. The van der Waals surface area contributed by atoms with E-state index in [1.807, 2.05) is 23.1 Å². The molecule has 0 saturated carbocycles. The summed E-state index contributed by atoms with van der Waals surface area (Å²) in [5.41, 5.74) is 2.36. The summed E-state index contributed by atoms with van der Waals surface area (Å²) in [6, 6.07) is 19.3. The minimum absolute atomic E-state index is 0.00865. The molecule has 3 nitrogen and oxygen atoms in total. The number of thiophene rings is 1. The van der Waals surface area contributed by atoms with Gasteiger partial charge in [-0.1, -0.05) is 41.9 Å². The number of benzene rings is 2. The maximum absolute atomic E-state index is 12.9. The third kappa shape index (κ3) is 3.48. The number of ether oxygens (including phenoxy) is 1. The van der Waals surface area contributed by atoms with Gasteiger partial charge in [0, 0.05) is 16.4 Å². The van der Waals surface area contributed by atoms with Crippen LogP contribution < -0.4 is 4.74 Å². The normalized spacial score (nSPS) is 16.2. The Bertz CT molecular complexity index is 892. The molecule has 0 radical (unpaired) electrons. The van der Waals surface area contributed by atoms with Crippen molar-refractivity contribution in [1.29, 1.82) is 0 Å². The van der Waals surface area contributed by atoms with Crippen molar-refractivity contribution in [3.8, 4) is 5.75 Å². The first-order valence-corrected chi connectivity index (χ1v) is 9.77. The third-order valence-electron chi connectivity index (χ3n) is 4.58. The smallest absolute Gasteiger partial charge is 0.261 e. The molecule has 1 aliphatic heterocycles. The number of amides is 1. The lowest BCUT2D eigenvalue weighted by molar-refractivity contribution is -0.135. The molecule has 3 aromatic rings. The van der Waals surface area contributed by atoms with E-state index < -0.39 is 0 Å². The van der Waals surface area contributed by atoms with E-state index in [2.05, 4.69) is 23.6 Å². The fourth-order valence-corrected chi connectivity index (χ4v) is 4.37.